The minimum Gasteiger partial charge on any atom is -0.399 e. The van der Waals surface area contributed by atoms with Crippen LogP contribution >= 0.6 is 0 Å². The first-order chi connectivity index (χ1) is 10.0. The second kappa shape index (κ2) is 6.90. The third-order valence-corrected chi connectivity index (χ3v) is 3.30. The lowest BCUT2D eigenvalue weighted by Gasteiger charge is -2.12. The largest absolute Gasteiger partial charge is 0.399 e. The molecule has 0 bridgehead atoms. The number of nitrogens with two attached hydrogens (primary N) is 1. The van der Waals surface area contributed by atoms with E-state index in [4.69, 9.17) is 5.73 Å². The number of carbonyl (C=O) groups is 1. The van der Waals surface area contributed by atoms with Crippen LogP contribution in [-0.4, -0.2) is 17.6 Å². The maximum absolute atomic E-state index is 11.8. The Morgan fingerprint density at radius 2 is 1.76 bits per heavy atom. The summed E-state index contributed by atoms with van der Waals surface area (Å²) in [6, 6.07) is 14.8. The fraction of sp³-hybridized carbons (Fsp3) is 0.235. The molecule has 110 valence electrons. The Balaban J connectivity index is 1.83. The number of amides is 1. The molecule has 0 aliphatic rings. The fourth-order valence-corrected chi connectivity index (χ4v) is 2.00. The molecule has 1 atom stereocenters. The van der Waals surface area contributed by atoms with E-state index >= 15 is 0 Å². The quantitative estimate of drug-likeness (QED) is 0.735. The van der Waals surface area contributed by atoms with Gasteiger partial charge >= 0.3 is 0 Å². The SMILES string of the molecule is Cc1ccc(CC(=O)NCC(O)c2ccc(N)cc2)cc1. The standard InChI is InChI=1S/C17H20N2O2/c1-12-2-4-13(5-3-12)10-17(21)19-11-16(20)14-6-8-15(18)9-7-14/h2-9,16,20H,10-11,18H2,1H3,(H,19,21). The maximum atomic E-state index is 11.8. The molecule has 0 spiro atoms. The molecule has 2 aromatic rings. The van der Waals surface area contributed by atoms with Gasteiger partial charge in [0, 0.05) is 12.2 Å². The molecule has 0 saturated carbocycles. The van der Waals surface area contributed by atoms with Crippen LogP contribution in [0.15, 0.2) is 48.5 Å². The predicted octanol–water partition coefficient (Wildman–Crippen LogP) is 1.97. The number of hydrogen-bond donors (Lipinski definition) is 3. The highest BCUT2D eigenvalue weighted by molar-refractivity contribution is 5.78. The molecule has 4 heteroatoms. The minimum absolute atomic E-state index is 0.103. The smallest absolute Gasteiger partial charge is 0.224 e. The monoisotopic (exact) mass is 284 g/mol. The van der Waals surface area contributed by atoms with E-state index in [1.54, 1.807) is 24.3 Å². The van der Waals surface area contributed by atoms with Crippen molar-refractivity contribution in [3.8, 4) is 0 Å². The number of aryl methyl sites for hydroxylation is 1. The van der Waals surface area contributed by atoms with Crippen molar-refractivity contribution in [2.24, 2.45) is 0 Å². The third-order valence-electron chi connectivity index (χ3n) is 3.30. The summed E-state index contributed by atoms with van der Waals surface area (Å²) in [4.78, 5) is 11.8. The number of hydrogen-bond acceptors (Lipinski definition) is 3. The first kappa shape index (κ1) is 15.1. The van der Waals surface area contributed by atoms with Crippen molar-refractivity contribution in [3.05, 3.63) is 65.2 Å². The first-order valence-corrected chi connectivity index (χ1v) is 6.90. The van der Waals surface area contributed by atoms with Crippen LogP contribution in [0, 0.1) is 6.92 Å². The zero-order valence-electron chi connectivity index (χ0n) is 12.0. The average Bonchev–Trinajstić information content (AvgIpc) is 2.48. The van der Waals surface area contributed by atoms with Crippen LogP contribution in [0.2, 0.25) is 0 Å². The Morgan fingerprint density at radius 3 is 2.38 bits per heavy atom. The van der Waals surface area contributed by atoms with E-state index in [-0.39, 0.29) is 12.5 Å². The molecule has 2 rings (SSSR count). The van der Waals surface area contributed by atoms with Gasteiger partial charge in [0.25, 0.3) is 0 Å². The molecule has 4 N–H and O–H groups in total. The summed E-state index contributed by atoms with van der Waals surface area (Å²) >= 11 is 0. The van der Waals surface area contributed by atoms with E-state index in [0.29, 0.717) is 12.1 Å². The molecule has 1 unspecified atom stereocenters. The van der Waals surface area contributed by atoms with Crippen LogP contribution in [0.5, 0.6) is 0 Å². The Bertz CT molecular complexity index is 591. The lowest BCUT2D eigenvalue weighted by atomic mass is 10.1. The molecule has 0 aliphatic heterocycles. The van der Waals surface area contributed by atoms with Gasteiger partial charge in [0.1, 0.15) is 0 Å². The summed E-state index contributed by atoms with van der Waals surface area (Å²) in [5.41, 5.74) is 9.10. The van der Waals surface area contributed by atoms with Crippen LogP contribution < -0.4 is 11.1 Å². The lowest BCUT2D eigenvalue weighted by molar-refractivity contribution is -0.120. The highest BCUT2D eigenvalue weighted by Crippen LogP contribution is 2.14. The Kier molecular flexibility index (Phi) is 4.95. The van der Waals surface area contributed by atoms with Crippen molar-refractivity contribution >= 4 is 11.6 Å². The van der Waals surface area contributed by atoms with E-state index in [1.807, 2.05) is 31.2 Å². The number of aliphatic hydroxyl groups is 1. The van der Waals surface area contributed by atoms with Crippen molar-refractivity contribution in [1.82, 2.24) is 5.32 Å². The van der Waals surface area contributed by atoms with Crippen LogP contribution in [0.3, 0.4) is 0 Å². The van der Waals surface area contributed by atoms with Crippen molar-refractivity contribution in [1.29, 1.82) is 0 Å². The molecule has 2 aromatic carbocycles. The van der Waals surface area contributed by atoms with E-state index in [0.717, 1.165) is 16.7 Å². The summed E-state index contributed by atoms with van der Waals surface area (Å²) in [6.07, 6.45) is -0.415. The highest BCUT2D eigenvalue weighted by atomic mass is 16.3. The van der Waals surface area contributed by atoms with Gasteiger partial charge in [-0.1, -0.05) is 42.0 Å². The van der Waals surface area contributed by atoms with Gasteiger partial charge in [-0.15, -0.1) is 0 Å². The number of nitrogens with one attached hydrogen (secondary N) is 1. The van der Waals surface area contributed by atoms with Gasteiger partial charge in [-0.3, -0.25) is 4.79 Å². The molecule has 0 fully saturated rings. The Labute approximate surface area is 124 Å². The lowest BCUT2D eigenvalue weighted by Crippen LogP contribution is -2.29. The Hall–Kier alpha value is -2.33. The van der Waals surface area contributed by atoms with Crippen molar-refractivity contribution in [3.63, 3.8) is 0 Å². The molecule has 1 amide bonds. The normalized spacial score (nSPS) is 11.9. The second-order valence-corrected chi connectivity index (χ2v) is 5.15. The maximum Gasteiger partial charge on any atom is 0.224 e. The fourth-order valence-electron chi connectivity index (χ4n) is 2.00. The highest BCUT2D eigenvalue weighted by Gasteiger charge is 2.09. The van der Waals surface area contributed by atoms with E-state index in [1.165, 1.54) is 0 Å². The van der Waals surface area contributed by atoms with Gasteiger partial charge in [-0.05, 0) is 30.2 Å². The number of aliphatic hydroxyl groups excluding tert-OH is 1. The Morgan fingerprint density at radius 1 is 1.14 bits per heavy atom. The van der Waals surface area contributed by atoms with Crippen molar-refractivity contribution in [2.45, 2.75) is 19.4 Å². The van der Waals surface area contributed by atoms with Gasteiger partial charge in [-0.25, -0.2) is 0 Å². The zero-order chi connectivity index (χ0) is 15.2. The third kappa shape index (κ3) is 4.61. The molecule has 0 saturated heterocycles. The molecular formula is C17H20N2O2. The van der Waals surface area contributed by atoms with Crippen LogP contribution in [0.4, 0.5) is 5.69 Å². The van der Waals surface area contributed by atoms with Gasteiger partial charge in [-0.2, -0.15) is 0 Å². The van der Waals surface area contributed by atoms with E-state index in [2.05, 4.69) is 5.32 Å². The molecule has 21 heavy (non-hydrogen) atoms. The number of rotatable bonds is 5. The topological polar surface area (TPSA) is 75.3 Å². The first-order valence-electron chi connectivity index (χ1n) is 6.90. The average molecular weight is 284 g/mol. The van der Waals surface area contributed by atoms with Crippen LogP contribution in [0.1, 0.15) is 22.8 Å². The number of anilines is 1. The zero-order valence-corrected chi connectivity index (χ0v) is 12.0. The molecule has 0 aromatic heterocycles. The van der Waals surface area contributed by atoms with Gasteiger partial charge in [0.05, 0.1) is 12.5 Å². The van der Waals surface area contributed by atoms with Crippen molar-refractivity contribution < 1.29 is 9.90 Å². The summed E-state index contributed by atoms with van der Waals surface area (Å²) in [5.74, 6) is -0.103. The van der Waals surface area contributed by atoms with Gasteiger partial charge in [0.2, 0.25) is 5.91 Å². The molecule has 0 aliphatic carbocycles. The van der Waals surface area contributed by atoms with E-state index < -0.39 is 6.10 Å². The molecular weight excluding hydrogens is 264 g/mol. The van der Waals surface area contributed by atoms with Crippen molar-refractivity contribution in [2.75, 3.05) is 12.3 Å². The van der Waals surface area contributed by atoms with Gasteiger partial charge < -0.3 is 16.2 Å². The second-order valence-electron chi connectivity index (χ2n) is 5.15. The van der Waals surface area contributed by atoms with Gasteiger partial charge in [0.15, 0.2) is 0 Å². The number of benzene rings is 2. The number of nitrogen functional groups attached to an aromatic ring is 1. The molecule has 0 radical (unpaired) electrons. The molecule has 0 heterocycles. The summed E-state index contributed by atoms with van der Waals surface area (Å²) < 4.78 is 0. The van der Waals surface area contributed by atoms with E-state index in [9.17, 15) is 9.90 Å². The summed E-state index contributed by atoms with van der Waals surface area (Å²) in [6.45, 7) is 2.20. The minimum atomic E-state index is -0.729. The predicted molar refractivity (Wildman–Crippen MR) is 83.7 cm³/mol. The number of carbonyl (C=O) groups excluding carboxylic acids is 1. The summed E-state index contributed by atoms with van der Waals surface area (Å²) in [7, 11) is 0. The van der Waals surface area contributed by atoms with Crippen LogP contribution in [0.25, 0.3) is 0 Å². The summed E-state index contributed by atoms with van der Waals surface area (Å²) in [5, 5.41) is 12.7. The molecule has 4 nitrogen and oxygen atoms in total. The van der Waals surface area contributed by atoms with Crippen LogP contribution in [-0.2, 0) is 11.2 Å².